The molecule has 4 heteroatoms. The summed E-state index contributed by atoms with van der Waals surface area (Å²) in [5.41, 5.74) is 1.27. The van der Waals surface area contributed by atoms with Crippen molar-refractivity contribution in [2.75, 3.05) is 12.4 Å². The van der Waals surface area contributed by atoms with Crippen LogP contribution in [0.1, 0.15) is 56.3 Å². The average molecular weight is 298 g/mol. The van der Waals surface area contributed by atoms with E-state index >= 15 is 0 Å². The quantitative estimate of drug-likeness (QED) is 0.548. The first-order chi connectivity index (χ1) is 9.58. The largest absolute Gasteiger partial charge is 0.465 e. The van der Waals surface area contributed by atoms with Gasteiger partial charge in [0.1, 0.15) is 0 Å². The van der Waals surface area contributed by atoms with Crippen LogP contribution in [0.4, 0.5) is 5.69 Å². The van der Waals surface area contributed by atoms with E-state index < -0.39 is 0 Å². The number of hydrogen-bond acceptors (Lipinski definition) is 3. The molecule has 1 rings (SSSR count). The zero-order valence-corrected chi connectivity index (χ0v) is 13.3. The van der Waals surface area contributed by atoms with E-state index in [-0.39, 0.29) is 5.97 Å². The number of anilines is 1. The van der Waals surface area contributed by atoms with Gasteiger partial charge >= 0.3 is 5.97 Å². The van der Waals surface area contributed by atoms with E-state index in [4.69, 9.17) is 16.3 Å². The molecule has 0 heterocycles. The van der Waals surface area contributed by atoms with Crippen LogP contribution < -0.4 is 5.32 Å². The van der Waals surface area contributed by atoms with E-state index in [2.05, 4.69) is 19.2 Å². The van der Waals surface area contributed by atoms with Gasteiger partial charge < -0.3 is 10.1 Å². The van der Waals surface area contributed by atoms with Gasteiger partial charge in [-0.25, -0.2) is 4.79 Å². The van der Waals surface area contributed by atoms with Crippen LogP contribution in [0, 0.1) is 0 Å². The molecule has 0 aliphatic rings. The van der Waals surface area contributed by atoms with Crippen molar-refractivity contribution in [1.29, 1.82) is 0 Å². The zero-order chi connectivity index (χ0) is 15.0. The Hall–Kier alpha value is -1.22. The summed E-state index contributed by atoms with van der Waals surface area (Å²) in [6, 6.07) is 5.47. The molecule has 3 nitrogen and oxygen atoms in total. The molecule has 0 spiro atoms. The summed E-state index contributed by atoms with van der Waals surface area (Å²) in [5, 5.41) is 3.97. The molecule has 1 atom stereocenters. The van der Waals surface area contributed by atoms with Gasteiger partial charge in [0.15, 0.2) is 0 Å². The summed E-state index contributed by atoms with van der Waals surface area (Å²) < 4.78 is 4.79. The van der Waals surface area contributed by atoms with E-state index in [1.165, 1.54) is 32.8 Å². The van der Waals surface area contributed by atoms with Crippen LogP contribution in [0.25, 0.3) is 0 Å². The molecule has 0 saturated heterocycles. The number of ether oxygens (including phenoxy) is 1. The highest BCUT2D eigenvalue weighted by Crippen LogP contribution is 2.23. The first-order valence-electron chi connectivity index (χ1n) is 7.22. The van der Waals surface area contributed by atoms with Crippen molar-refractivity contribution in [2.24, 2.45) is 0 Å². The van der Waals surface area contributed by atoms with Crippen molar-refractivity contribution in [3.05, 3.63) is 28.8 Å². The van der Waals surface area contributed by atoms with Crippen molar-refractivity contribution in [1.82, 2.24) is 0 Å². The third kappa shape index (κ3) is 5.41. The molecule has 0 saturated carbocycles. The number of carbonyl (C=O) groups excluding carboxylic acids is 1. The number of benzene rings is 1. The fraction of sp³-hybridized carbons (Fsp3) is 0.562. The predicted octanol–water partition coefficient (Wildman–Crippen LogP) is 4.90. The zero-order valence-electron chi connectivity index (χ0n) is 12.5. The molecular weight excluding hydrogens is 274 g/mol. The second-order valence-electron chi connectivity index (χ2n) is 5.08. The topological polar surface area (TPSA) is 38.3 Å². The summed E-state index contributed by atoms with van der Waals surface area (Å²) in [6.45, 7) is 4.32. The first-order valence-corrected chi connectivity index (χ1v) is 7.60. The van der Waals surface area contributed by atoms with Crippen LogP contribution in [0.15, 0.2) is 18.2 Å². The number of methoxy groups -OCH3 is 1. The standard InChI is InChI=1S/C16H24ClNO2/c1-4-5-6-7-8-12(2)18-15-11-13(17)9-10-14(15)16(19)20-3/h9-12,18H,4-8H2,1-3H3. The summed E-state index contributed by atoms with van der Waals surface area (Å²) in [5.74, 6) is -0.345. The Balaban J connectivity index is 2.65. The number of nitrogens with one attached hydrogen (secondary N) is 1. The van der Waals surface area contributed by atoms with Crippen molar-refractivity contribution in [2.45, 2.75) is 52.0 Å². The monoisotopic (exact) mass is 297 g/mol. The lowest BCUT2D eigenvalue weighted by Crippen LogP contribution is -2.17. The minimum Gasteiger partial charge on any atom is -0.465 e. The molecule has 20 heavy (non-hydrogen) atoms. The van der Waals surface area contributed by atoms with Crippen LogP contribution in [0.3, 0.4) is 0 Å². The van der Waals surface area contributed by atoms with Crippen molar-refractivity contribution < 1.29 is 9.53 Å². The lowest BCUT2D eigenvalue weighted by Gasteiger charge is -2.17. The van der Waals surface area contributed by atoms with Gasteiger partial charge in [-0.3, -0.25) is 0 Å². The van der Waals surface area contributed by atoms with Gasteiger partial charge in [0.25, 0.3) is 0 Å². The van der Waals surface area contributed by atoms with E-state index in [0.717, 1.165) is 12.1 Å². The normalized spacial score (nSPS) is 12.0. The van der Waals surface area contributed by atoms with Crippen LogP contribution in [-0.4, -0.2) is 19.1 Å². The van der Waals surface area contributed by atoms with Crippen LogP contribution in [0.5, 0.6) is 0 Å². The lowest BCUT2D eigenvalue weighted by molar-refractivity contribution is 0.0602. The highest BCUT2D eigenvalue weighted by molar-refractivity contribution is 6.31. The number of esters is 1. The summed E-state index contributed by atoms with van der Waals surface area (Å²) in [4.78, 5) is 11.7. The third-order valence-electron chi connectivity index (χ3n) is 3.28. The Morgan fingerprint density at radius 1 is 1.35 bits per heavy atom. The second-order valence-corrected chi connectivity index (χ2v) is 5.51. The Kier molecular flexibility index (Phi) is 7.45. The van der Waals surface area contributed by atoms with Gasteiger partial charge in [0.05, 0.1) is 18.4 Å². The van der Waals surface area contributed by atoms with Gasteiger partial charge in [-0.15, -0.1) is 0 Å². The third-order valence-corrected chi connectivity index (χ3v) is 3.51. The van der Waals surface area contributed by atoms with Crippen LogP contribution in [0.2, 0.25) is 5.02 Å². The number of rotatable bonds is 8. The maximum absolute atomic E-state index is 11.7. The first kappa shape index (κ1) is 16.8. The highest BCUT2D eigenvalue weighted by Gasteiger charge is 2.13. The minimum atomic E-state index is -0.345. The average Bonchev–Trinajstić information content (AvgIpc) is 2.43. The SMILES string of the molecule is CCCCCCC(C)Nc1cc(Cl)ccc1C(=O)OC. The van der Waals surface area contributed by atoms with Crippen molar-refractivity contribution in [3.8, 4) is 0 Å². The van der Waals surface area contributed by atoms with Crippen molar-refractivity contribution >= 4 is 23.3 Å². The Labute approximate surface area is 126 Å². The number of unbranched alkanes of at least 4 members (excludes halogenated alkanes) is 3. The van der Waals surface area contributed by atoms with Crippen LogP contribution >= 0.6 is 11.6 Å². The smallest absolute Gasteiger partial charge is 0.339 e. The summed E-state index contributed by atoms with van der Waals surface area (Å²) >= 11 is 6.00. The maximum atomic E-state index is 11.7. The summed E-state index contributed by atoms with van der Waals surface area (Å²) in [7, 11) is 1.38. The van der Waals surface area contributed by atoms with E-state index in [0.29, 0.717) is 16.6 Å². The molecule has 1 N–H and O–H groups in total. The Morgan fingerprint density at radius 2 is 2.10 bits per heavy atom. The second kappa shape index (κ2) is 8.85. The van der Waals surface area contributed by atoms with Gasteiger partial charge in [-0.1, -0.05) is 44.2 Å². The Morgan fingerprint density at radius 3 is 2.75 bits per heavy atom. The van der Waals surface area contributed by atoms with Gasteiger partial charge in [0, 0.05) is 11.1 Å². The van der Waals surface area contributed by atoms with Crippen molar-refractivity contribution in [3.63, 3.8) is 0 Å². The van der Waals surface area contributed by atoms with Gasteiger partial charge in [-0.05, 0) is 31.5 Å². The molecule has 0 radical (unpaired) electrons. The predicted molar refractivity (Wildman–Crippen MR) is 84.6 cm³/mol. The summed E-state index contributed by atoms with van der Waals surface area (Å²) in [6.07, 6.45) is 6.03. The minimum absolute atomic E-state index is 0.300. The molecule has 0 aliphatic carbocycles. The van der Waals surface area contributed by atoms with Crippen LogP contribution in [-0.2, 0) is 4.74 Å². The molecule has 0 aromatic heterocycles. The highest BCUT2D eigenvalue weighted by atomic mass is 35.5. The Bertz CT molecular complexity index is 434. The molecule has 0 aliphatic heterocycles. The van der Waals surface area contributed by atoms with E-state index in [9.17, 15) is 4.79 Å². The number of halogens is 1. The molecule has 1 unspecified atom stereocenters. The lowest BCUT2D eigenvalue weighted by atomic mass is 10.1. The molecule has 0 bridgehead atoms. The molecule has 1 aromatic carbocycles. The van der Waals surface area contributed by atoms with E-state index in [1.807, 2.05) is 0 Å². The molecule has 0 fully saturated rings. The maximum Gasteiger partial charge on any atom is 0.339 e. The molecule has 0 amide bonds. The molecule has 1 aromatic rings. The number of carbonyl (C=O) groups is 1. The fourth-order valence-electron chi connectivity index (χ4n) is 2.14. The van der Waals surface area contributed by atoms with E-state index in [1.54, 1.807) is 18.2 Å². The van der Waals surface area contributed by atoms with Gasteiger partial charge in [0.2, 0.25) is 0 Å². The van der Waals surface area contributed by atoms with Gasteiger partial charge in [-0.2, -0.15) is 0 Å². The fourth-order valence-corrected chi connectivity index (χ4v) is 2.31. The molecule has 112 valence electrons. The number of hydrogen-bond donors (Lipinski definition) is 1. The molecular formula is C16H24ClNO2.